The summed E-state index contributed by atoms with van der Waals surface area (Å²) in [7, 11) is 0. The molecule has 0 spiro atoms. The molecular weight excluding hydrogens is 238 g/mol. The van der Waals surface area contributed by atoms with Gasteiger partial charge in [0.1, 0.15) is 11.5 Å². The summed E-state index contributed by atoms with van der Waals surface area (Å²) in [6, 6.07) is 9.87. The summed E-state index contributed by atoms with van der Waals surface area (Å²) in [6.45, 7) is 3.85. The number of carbonyl (C=O) groups excluding carboxylic acids is 1. The topological polar surface area (TPSA) is 46.1 Å². The second kappa shape index (κ2) is 4.46. The van der Waals surface area contributed by atoms with Gasteiger partial charge in [0, 0.05) is 17.9 Å². The van der Waals surface area contributed by atoms with Crippen molar-refractivity contribution in [2.75, 3.05) is 4.90 Å². The van der Waals surface area contributed by atoms with Crippen LogP contribution < -0.4 is 4.90 Å². The van der Waals surface area contributed by atoms with Gasteiger partial charge in [0.15, 0.2) is 0 Å². The summed E-state index contributed by atoms with van der Waals surface area (Å²) < 4.78 is 0. The summed E-state index contributed by atoms with van der Waals surface area (Å²) in [5, 5.41) is 0. The second-order valence-electron chi connectivity index (χ2n) is 4.85. The fourth-order valence-electron chi connectivity index (χ4n) is 2.57. The number of fused-ring (bicyclic) bond motifs is 1. The average Bonchev–Trinajstić information content (AvgIpc) is 2.74. The number of anilines is 1. The van der Waals surface area contributed by atoms with Crippen LogP contribution in [0, 0.1) is 6.92 Å². The van der Waals surface area contributed by atoms with Crippen LogP contribution in [0.15, 0.2) is 36.5 Å². The van der Waals surface area contributed by atoms with E-state index in [1.54, 1.807) is 19.2 Å². The molecule has 0 saturated heterocycles. The predicted molar refractivity (Wildman–Crippen MR) is 73.2 cm³/mol. The van der Waals surface area contributed by atoms with Gasteiger partial charge in [0.2, 0.25) is 0 Å². The number of amides is 1. The number of benzene rings is 1. The first-order chi connectivity index (χ1) is 9.16. The molecule has 1 aromatic heterocycles. The molecule has 1 aliphatic heterocycles. The molecule has 1 amide bonds. The van der Waals surface area contributed by atoms with E-state index in [4.69, 9.17) is 0 Å². The van der Waals surface area contributed by atoms with Crippen molar-refractivity contribution in [3.63, 3.8) is 0 Å². The molecule has 96 valence electrons. The molecular formula is C15H15N3O. The minimum atomic E-state index is -0.0528. The van der Waals surface area contributed by atoms with Crippen LogP contribution in [0.4, 0.5) is 5.69 Å². The zero-order chi connectivity index (χ0) is 13.4. The lowest BCUT2D eigenvalue weighted by Gasteiger charge is -2.22. The van der Waals surface area contributed by atoms with Gasteiger partial charge < -0.3 is 4.90 Å². The maximum Gasteiger partial charge on any atom is 0.277 e. The van der Waals surface area contributed by atoms with Gasteiger partial charge >= 0.3 is 0 Å². The zero-order valence-electron chi connectivity index (χ0n) is 11.0. The highest BCUT2D eigenvalue weighted by atomic mass is 16.2. The molecule has 2 aromatic rings. The van der Waals surface area contributed by atoms with Crippen LogP contribution in [-0.2, 0) is 6.42 Å². The molecule has 0 bridgehead atoms. The van der Waals surface area contributed by atoms with Gasteiger partial charge in [0.05, 0.1) is 0 Å². The molecule has 19 heavy (non-hydrogen) atoms. The zero-order valence-corrected chi connectivity index (χ0v) is 11.0. The van der Waals surface area contributed by atoms with Crippen LogP contribution in [0.3, 0.4) is 0 Å². The van der Waals surface area contributed by atoms with Crippen molar-refractivity contribution < 1.29 is 4.79 Å². The molecule has 4 heteroatoms. The summed E-state index contributed by atoms with van der Waals surface area (Å²) in [5.74, 6) is 0.564. The fraction of sp³-hybridized carbons (Fsp3) is 0.267. The quantitative estimate of drug-likeness (QED) is 0.784. The lowest BCUT2D eigenvalue weighted by atomic mass is 10.1. The number of carbonyl (C=O) groups is 1. The maximum atomic E-state index is 12.6. The molecule has 4 nitrogen and oxygen atoms in total. The Morgan fingerprint density at radius 1 is 1.32 bits per heavy atom. The first kappa shape index (κ1) is 11.8. The number of nitrogens with zero attached hydrogens (tertiary/aromatic N) is 3. The van der Waals surface area contributed by atoms with Crippen molar-refractivity contribution in [1.82, 2.24) is 9.97 Å². The molecule has 3 rings (SSSR count). The number of aryl methyl sites for hydroxylation is 1. The normalized spacial score (nSPS) is 17.4. The molecule has 1 atom stereocenters. The van der Waals surface area contributed by atoms with E-state index in [9.17, 15) is 4.79 Å². The van der Waals surface area contributed by atoms with E-state index in [0.29, 0.717) is 11.5 Å². The molecule has 1 unspecified atom stereocenters. The molecule has 1 aromatic carbocycles. The Morgan fingerprint density at radius 2 is 2.11 bits per heavy atom. The van der Waals surface area contributed by atoms with E-state index in [2.05, 4.69) is 23.0 Å². The SMILES string of the molecule is Cc1nccc(C(=O)N2c3ccccc3CC2C)n1. The Kier molecular flexibility index (Phi) is 2.78. The fourth-order valence-corrected chi connectivity index (χ4v) is 2.57. The van der Waals surface area contributed by atoms with E-state index in [1.807, 2.05) is 23.1 Å². The average molecular weight is 253 g/mol. The standard InChI is InChI=1S/C15H15N3O/c1-10-9-12-5-3-4-6-14(12)18(10)15(19)13-7-8-16-11(2)17-13/h3-8,10H,9H2,1-2H3. The van der Waals surface area contributed by atoms with Gasteiger partial charge in [-0.2, -0.15) is 0 Å². The first-order valence-corrected chi connectivity index (χ1v) is 6.38. The van der Waals surface area contributed by atoms with Crippen molar-refractivity contribution in [3.05, 3.63) is 53.6 Å². The van der Waals surface area contributed by atoms with Crippen molar-refractivity contribution in [3.8, 4) is 0 Å². The maximum absolute atomic E-state index is 12.6. The number of rotatable bonds is 1. The van der Waals surface area contributed by atoms with E-state index < -0.39 is 0 Å². The van der Waals surface area contributed by atoms with E-state index in [0.717, 1.165) is 12.1 Å². The largest absolute Gasteiger partial charge is 0.304 e. The Hall–Kier alpha value is -2.23. The first-order valence-electron chi connectivity index (χ1n) is 6.38. The van der Waals surface area contributed by atoms with E-state index in [1.165, 1.54) is 5.56 Å². The summed E-state index contributed by atoms with van der Waals surface area (Å²) >= 11 is 0. The van der Waals surface area contributed by atoms with Gasteiger partial charge in [-0.25, -0.2) is 9.97 Å². The van der Waals surface area contributed by atoms with Crippen LogP contribution in [0.25, 0.3) is 0 Å². The van der Waals surface area contributed by atoms with Gasteiger partial charge in [-0.3, -0.25) is 4.79 Å². The Balaban J connectivity index is 2.01. The van der Waals surface area contributed by atoms with Gasteiger partial charge in [-0.1, -0.05) is 18.2 Å². The third-order valence-corrected chi connectivity index (χ3v) is 3.42. The molecule has 0 N–H and O–H groups in total. The Labute approximate surface area is 112 Å². The predicted octanol–water partition coefficient (Wildman–Crippen LogP) is 2.38. The van der Waals surface area contributed by atoms with Crippen molar-refractivity contribution in [2.45, 2.75) is 26.3 Å². The Bertz CT molecular complexity index is 639. The van der Waals surface area contributed by atoms with Crippen molar-refractivity contribution >= 4 is 11.6 Å². The van der Waals surface area contributed by atoms with Crippen LogP contribution in [0.2, 0.25) is 0 Å². The minimum Gasteiger partial charge on any atom is -0.304 e. The van der Waals surface area contributed by atoms with E-state index in [-0.39, 0.29) is 11.9 Å². The molecule has 2 heterocycles. The second-order valence-corrected chi connectivity index (χ2v) is 4.85. The van der Waals surface area contributed by atoms with Crippen LogP contribution in [0.5, 0.6) is 0 Å². The molecule has 1 aliphatic rings. The Morgan fingerprint density at radius 3 is 2.89 bits per heavy atom. The van der Waals surface area contributed by atoms with Crippen molar-refractivity contribution in [2.24, 2.45) is 0 Å². The number of aromatic nitrogens is 2. The number of hydrogen-bond donors (Lipinski definition) is 0. The van der Waals surface area contributed by atoms with Crippen LogP contribution in [0.1, 0.15) is 28.8 Å². The van der Waals surface area contributed by atoms with Crippen LogP contribution in [-0.4, -0.2) is 21.9 Å². The lowest BCUT2D eigenvalue weighted by Crippen LogP contribution is -2.36. The number of para-hydroxylation sites is 1. The van der Waals surface area contributed by atoms with Crippen molar-refractivity contribution in [1.29, 1.82) is 0 Å². The molecule has 0 radical (unpaired) electrons. The summed E-state index contributed by atoms with van der Waals surface area (Å²) in [4.78, 5) is 22.7. The third kappa shape index (κ3) is 1.99. The molecule has 0 saturated carbocycles. The monoisotopic (exact) mass is 253 g/mol. The smallest absolute Gasteiger partial charge is 0.277 e. The summed E-state index contributed by atoms with van der Waals surface area (Å²) in [6.07, 6.45) is 2.52. The van der Waals surface area contributed by atoms with E-state index >= 15 is 0 Å². The van der Waals surface area contributed by atoms with Gasteiger partial charge in [-0.15, -0.1) is 0 Å². The van der Waals surface area contributed by atoms with Gasteiger partial charge in [-0.05, 0) is 38.0 Å². The third-order valence-electron chi connectivity index (χ3n) is 3.42. The molecule has 0 fully saturated rings. The highest BCUT2D eigenvalue weighted by Gasteiger charge is 2.31. The highest BCUT2D eigenvalue weighted by molar-refractivity contribution is 6.06. The van der Waals surface area contributed by atoms with Crippen LogP contribution >= 0.6 is 0 Å². The summed E-state index contributed by atoms with van der Waals surface area (Å²) in [5.41, 5.74) is 2.67. The highest BCUT2D eigenvalue weighted by Crippen LogP contribution is 2.32. The minimum absolute atomic E-state index is 0.0528. The number of hydrogen-bond acceptors (Lipinski definition) is 3. The lowest BCUT2D eigenvalue weighted by molar-refractivity contribution is 0.0976. The molecule has 0 aliphatic carbocycles. The van der Waals surface area contributed by atoms with Gasteiger partial charge in [0.25, 0.3) is 5.91 Å².